The van der Waals surface area contributed by atoms with E-state index < -0.39 is 22.7 Å². The number of aromatic carboxylic acids is 2. The Morgan fingerprint density at radius 3 is 0.577 bits per heavy atom. The van der Waals surface area contributed by atoms with Gasteiger partial charge in [0.25, 0.3) is 0 Å². The van der Waals surface area contributed by atoms with E-state index in [0.717, 1.165) is 0 Å². The van der Waals surface area contributed by atoms with Crippen molar-refractivity contribution in [2.24, 2.45) is 0 Å². The number of hydrogen-bond acceptors (Lipinski definition) is 5. The third kappa shape index (κ3) is 40.6. The molecule has 0 saturated heterocycles. The largest absolute Gasteiger partial charge is 0.545 e. The third-order valence-electron chi connectivity index (χ3n) is 16.5. The molecule has 0 aliphatic heterocycles. The second kappa shape index (κ2) is 53.7. The fourth-order valence-corrected chi connectivity index (χ4v) is 12.4. The first kappa shape index (κ1) is 75.5. The number of hydrogen-bond donors (Lipinski definition) is 0. The third-order valence-corrected chi connectivity index (χ3v) is 17.9. The van der Waals surface area contributed by atoms with E-state index in [4.69, 9.17) is 0 Å². The molecule has 8 heteroatoms. The summed E-state index contributed by atoms with van der Waals surface area (Å²) in [7, 11) is -1.52. The molecule has 2 aromatic rings. The van der Waals surface area contributed by atoms with Gasteiger partial charge in [0.1, 0.15) is 0 Å². The van der Waals surface area contributed by atoms with Crippen molar-refractivity contribution in [1.82, 2.24) is 0 Å². The van der Waals surface area contributed by atoms with Gasteiger partial charge in [-0.05, 0) is 138 Å². The second-order valence-electron chi connectivity index (χ2n) is 23.7. The molecule has 0 fully saturated rings. The van der Waals surface area contributed by atoms with E-state index in [2.05, 4.69) is 55.4 Å². The topological polar surface area (TPSA) is 97.3 Å². The first-order chi connectivity index (χ1) is 38.0. The van der Waals surface area contributed by atoms with Crippen LogP contribution in [-0.4, -0.2) is 77.5 Å². The molecule has 2 rings (SSSR count). The number of carboxylic acid groups (broad SMARTS) is 2. The maximum atomic E-state index is 12.2. The summed E-state index contributed by atoms with van der Waals surface area (Å²) in [5.41, 5.74) is -0.00361. The fraction of sp³-hybridized carbons (Fsp3) is 0.800. The van der Waals surface area contributed by atoms with Crippen LogP contribution in [0.5, 0.6) is 0 Å². The summed E-state index contributed by atoms with van der Waals surface area (Å²) in [6, 6.07) is 10.9. The molecule has 0 amide bonds. The highest BCUT2D eigenvalue weighted by molar-refractivity contribution is 7.85. The van der Waals surface area contributed by atoms with Gasteiger partial charge in [-0.1, -0.05) is 234 Å². The molecule has 78 heavy (non-hydrogen) atoms. The lowest BCUT2D eigenvalue weighted by molar-refractivity contribution is -0.929. The second-order valence-corrected chi connectivity index (χ2v) is 25.2. The summed E-state index contributed by atoms with van der Waals surface area (Å²) in [6.07, 6.45) is 57.6. The average Bonchev–Trinajstić information content (AvgIpc) is 3.44. The first-order valence-electron chi connectivity index (χ1n) is 33.7. The van der Waals surface area contributed by atoms with Crippen LogP contribution in [0.25, 0.3) is 0 Å². The number of carboxylic acids is 2. The number of quaternary nitrogens is 2. The Morgan fingerprint density at radius 1 is 0.282 bits per heavy atom. The molecule has 0 aliphatic rings. The van der Waals surface area contributed by atoms with Crippen molar-refractivity contribution < 1.29 is 33.0 Å². The van der Waals surface area contributed by atoms with Crippen LogP contribution in [0.4, 0.5) is 0 Å². The van der Waals surface area contributed by atoms with Crippen LogP contribution in [0.1, 0.15) is 333 Å². The van der Waals surface area contributed by atoms with Crippen LogP contribution >= 0.6 is 0 Å². The average molecular weight is 1110 g/mol. The number of rotatable bonds is 52. The normalized spacial score (nSPS) is 11.6. The number of nitrogens with zero attached hydrogens (tertiary/aromatic N) is 2. The SMILES string of the molecule is CCCCCCC[N+](CCCCCCC)(CCCCCCC)CCCCCCC.CCCCCCC[N+](CCCCCCC)(CCCCCCC)CCCCCCC.O=C([O-])c1ccc(S(=O)c2ccc(C(=O)[O-])cc2)cc1. The molecule has 0 radical (unpaired) electrons. The molecule has 0 N–H and O–H groups in total. The Hall–Kier alpha value is -2.55. The lowest BCUT2D eigenvalue weighted by Gasteiger charge is -2.40. The van der Waals surface area contributed by atoms with Crippen LogP contribution in [0, 0.1) is 0 Å². The molecule has 0 saturated carbocycles. The Kier molecular flexibility index (Phi) is 52.0. The van der Waals surface area contributed by atoms with Crippen LogP contribution in [0.15, 0.2) is 58.3 Å². The van der Waals surface area contributed by atoms with Gasteiger partial charge >= 0.3 is 0 Å². The zero-order valence-electron chi connectivity index (χ0n) is 52.9. The van der Waals surface area contributed by atoms with E-state index in [1.807, 2.05) is 0 Å². The Labute approximate surface area is 487 Å². The summed E-state index contributed by atoms with van der Waals surface area (Å²) >= 11 is 0. The molecule has 0 aliphatic carbocycles. The van der Waals surface area contributed by atoms with Gasteiger partial charge in [-0.3, -0.25) is 0 Å². The number of benzene rings is 2. The molecule has 0 spiro atoms. The minimum absolute atomic E-state index is 0.00181. The van der Waals surface area contributed by atoms with E-state index in [-0.39, 0.29) is 11.1 Å². The summed E-state index contributed by atoms with van der Waals surface area (Å²) in [6.45, 7) is 30.5. The van der Waals surface area contributed by atoms with Crippen LogP contribution in [-0.2, 0) is 10.8 Å². The van der Waals surface area contributed by atoms with Crippen molar-refractivity contribution in [3.63, 3.8) is 0 Å². The smallest absolute Gasteiger partial charge is 0.0849 e. The molecule has 0 unspecified atom stereocenters. The lowest BCUT2D eigenvalue weighted by Crippen LogP contribution is -2.50. The molecule has 7 nitrogen and oxygen atoms in total. The summed E-state index contributed by atoms with van der Waals surface area (Å²) in [5, 5.41) is 21.2. The highest BCUT2D eigenvalue weighted by Gasteiger charge is 2.27. The summed E-state index contributed by atoms with van der Waals surface area (Å²) in [5.74, 6) is -2.61. The van der Waals surface area contributed by atoms with E-state index in [1.54, 1.807) is 0 Å². The van der Waals surface area contributed by atoms with E-state index in [9.17, 15) is 24.0 Å². The molecule has 0 atom stereocenters. The van der Waals surface area contributed by atoms with Crippen molar-refractivity contribution in [1.29, 1.82) is 0 Å². The van der Waals surface area contributed by atoms with Crippen LogP contribution < -0.4 is 10.2 Å². The van der Waals surface area contributed by atoms with Gasteiger partial charge in [0.15, 0.2) is 0 Å². The maximum absolute atomic E-state index is 12.2. The Morgan fingerprint density at radius 2 is 0.436 bits per heavy atom. The monoisotopic (exact) mass is 1110 g/mol. The number of carbonyl (C=O) groups excluding carboxylic acids is 2. The van der Waals surface area contributed by atoms with E-state index >= 15 is 0 Å². The molecule has 0 heterocycles. The van der Waals surface area contributed by atoms with Crippen molar-refractivity contribution in [3.05, 3.63) is 59.7 Å². The van der Waals surface area contributed by atoms with Crippen LogP contribution in [0.3, 0.4) is 0 Å². The quantitative estimate of drug-likeness (QED) is 0.0486. The predicted octanol–water partition coefficient (Wildman–Crippen LogP) is 18.9. The zero-order chi connectivity index (χ0) is 57.6. The molecule has 2 aromatic carbocycles. The van der Waals surface area contributed by atoms with Crippen molar-refractivity contribution in [2.45, 2.75) is 322 Å². The highest BCUT2D eigenvalue weighted by Crippen LogP contribution is 2.23. The molecular weight excluding hydrogens is 981 g/mol. The fourth-order valence-electron chi connectivity index (χ4n) is 11.3. The van der Waals surface area contributed by atoms with Gasteiger partial charge in [0, 0.05) is 9.79 Å². The highest BCUT2D eigenvalue weighted by atomic mass is 32.2. The van der Waals surface area contributed by atoms with Gasteiger partial charge in [-0.25, -0.2) is 4.21 Å². The van der Waals surface area contributed by atoms with Gasteiger partial charge in [0.05, 0.1) is 75.1 Å². The first-order valence-corrected chi connectivity index (χ1v) is 34.9. The lowest BCUT2D eigenvalue weighted by atomic mass is 10.1. The van der Waals surface area contributed by atoms with Crippen molar-refractivity contribution >= 4 is 22.7 Å². The molecule has 454 valence electrons. The Bertz CT molecular complexity index is 1410. The summed E-state index contributed by atoms with van der Waals surface area (Å²) < 4.78 is 15.1. The van der Waals surface area contributed by atoms with Gasteiger partial charge in [-0.15, -0.1) is 0 Å². The molecule has 0 bridgehead atoms. The number of carbonyl (C=O) groups is 2. The zero-order valence-corrected chi connectivity index (χ0v) is 53.7. The number of unbranched alkanes of at least 4 members (excludes halogenated alkanes) is 32. The molecular formula is C70H128N2O5S. The van der Waals surface area contributed by atoms with Gasteiger partial charge < -0.3 is 28.8 Å². The van der Waals surface area contributed by atoms with E-state index in [0.29, 0.717) is 9.79 Å². The van der Waals surface area contributed by atoms with Gasteiger partial charge in [-0.2, -0.15) is 0 Å². The minimum Gasteiger partial charge on any atom is -0.545 e. The van der Waals surface area contributed by atoms with Crippen LogP contribution in [0.2, 0.25) is 0 Å². The molecule has 0 aromatic heterocycles. The maximum Gasteiger partial charge on any atom is 0.0849 e. The standard InChI is InChI=1S/2C28H60N.C14H10O5S/c2*1-5-9-13-17-21-25-29(26-22-18-14-10-6-2,27-23-19-15-11-7-3)28-24-20-16-12-8-4;15-13(16)9-1-5-11(6-2-9)20(19)12-7-3-10(4-8-12)14(17)18/h2*5-28H2,1-4H3;1-8H,(H,15,16)(H,17,18)/q2*+1;/p-2. The predicted molar refractivity (Wildman–Crippen MR) is 336 cm³/mol. The minimum atomic E-state index is -1.52. The summed E-state index contributed by atoms with van der Waals surface area (Å²) in [4.78, 5) is 22.0. The van der Waals surface area contributed by atoms with E-state index in [1.165, 1.54) is 367 Å². The van der Waals surface area contributed by atoms with Crippen molar-refractivity contribution in [3.8, 4) is 0 Å². The van der Waals surface area contributed by atoms with Crippen molar-refractivity contribution in [2.75, 3.05) is 52.4 Å². The Balaban J connectivity index is 0.00000116. The van der Waals surface area contributed by atoms with Gasteiger partial charge in [0.2, 0.25) is 0 Å².